The number of alkyl halides is 6. The van der Waals surface area contributed by atoms with Crippen molar-refractivity contribution in [3.8, 4) is 0 Å². The molecule has 1 aromatic carbocycles. The summed E-state index contributed by atoms with van der Waals surface area (Å²) >= 11 is 0. The van der Waals surface area contributed by atoms with E-state index >= 15 is 0 Å². The molecule has 2 aromatic rings. The van der Waals surface area contributed by atoms with Crippen LogP contribution in [0.2, 0.25) is 0 Å². The first-order chi connectivity index (χ1) is 11.7. The average molecular weight is 359 g/mol. The Kier molecular flexibility index (Phi) is 4.18. The van der Waals surface area contributed by atoms with Crippen LogP contribution < -0.4 is 5.43 Å². The predicted molar refractivity (Wildman–Crippen MR) is 78.0 cm³/mol. The minimum Gasteiger partial charge on any atom is -0.309 e. The van der Waals surface area contributed by atoms with Crippen molar-refractivity contribution >= 4 is 5.71 Å². The average Bonchev–Trinajstić information content (AvgIpc) is 3.03. The van der Waals surface area contributed by atoms with E-state index in [1.807, 2.05) is 0 Å². The molecule has 0 saturated carbocycles. The van der Waals surface area contributed by atoms with Crippen molar-refractivity contribution in [2.75, 3.05) is 6.54 Å². The van der Waals surface area contributed by atoms with Crippen LogP contribution >= 0.6 is 0 Å². The van der Waals surface area contributed by atoms with E-state index in [4.69, 9.17) is 0 Å². The number of aromatic nitrogens is 1. The highest BCUT2D eigenvalue weighted by Gasteiger charge is 2.40. The van der Waals surface area contributed by atoms with Gasteiger partial charge in [0.05, 0.1) is 5.71 Å². The van der Waals surface area contributed by atoms with Crippen LogP contribution in [-0.4, -0.2) is 17.2 Å². The lowest BCUT2D eigenvalue weighted by atomic mass is 9.90. The maximum Gasteiger partial charge on any atom is 0.433 e. The van der Waals surface area contributed by atoms with Crippen LogP contribution in [-0.2, 0) is 12.4 Å². The number of pyridine rings is 1. The van der Waals surface area contributed by atoms with Crippen molar-refractivity contribution in [2.24, 2.45) is 5.10 Å². The minimum absolute atomic E-state index is 0.100. The summed E-state index contributed by atoms with van der Waals surface area (Å²) in [4.78, 5) is 2.73. The number of hydrazone groups is 1. The number of nitrogens with zero attached hydrogens (tertiary/aromatic N) is 2. The maximum atomic E-state index is 13.0. The topological polar surface area (TPSA) is 37.3 Å². The van der Waals surface area contributed by atoms with E-state index in [1.165, 1.54) is 0 Å². The van der Waals surface area contributed by atoms with Crippen LogP contribution in [0.25, 0.3) is 0 Å². The van der Waals surface area contributed by atoms with Gasteiger partial charge < -0.3 is 5.43 Å². The van der Waals surface area contributed by atoms with E-state index in [-0.39, 0.29) is 12.1 Å². The maximum absolute atomic E-state index is 13.0. The van der Waals surface area contributed by atoms with Gasteiger partial charge in [0.1, 0.15) is 11.4 Å². The second-order valence-electron chi connectivity index (χ2n) is 5.44. The zero-order chi connectivity index (χ0) is 18.2. The molecule has 1 aromatic heterocycles. The molecule has 0 bridgehead atoms. The third-order valence-corrected chi connectivity index (χ3v) is 3.73. The zero-order valence-electron chi connectivity index (χ0n) is 12.5. The van der Waals surface area contributed by atoms with Crippen molar-refractivity contribution in [1.82, 2.24) is 10.4 Å². The summed E-state index contributed by atoms with van der Waals surface area (Å²) in [5, 5.41) is 4.03. The Bertz CT molecular complexity index is 764. The molecule has 1 aliphatic rings. The summed E-state index contributed by atoms with van der Waals surface area (Å²) in [6.07, 6.45) is -9.96. The van der Waals surface area contributed by atoms with Gasteiger partial charge in [0.2, 0.25) is 0 Å². The molecule has 132 valence electrons. The molecule has 0 amide bonds. The van der Waals surface area contributed by atoms with Crippen LogP contribution in [0.1, 0.15) is 28.4 Å². The van der Waals surface area contributed by atoms with E-state index in [1.54, 1.807) is 30.3 Å². The van der Waals surface area contributed by atoms with Crippen LogP contribution in [0.3, 0.4) is 0 Å². The summed E-state index contributed by atoms with van der Waals surface area (Å²) in [6.45, 7) is 0.100. The summed E-state index contributed by atoms with van der Waals surface area (Å²) in [5.41, 5.74) is 0.363. The normalized spacial score (nSPS) is 18.0. The highest BCUT2D eigenvalue weighted by atomic mass is 19.4. The van der Waals surface area contributed by atoms with Crippen molar-refractivity contribution < 1.29 is 26.3 Å². The molecule has 0 saturated heterocycles. The zero-order valence-corrected chi connectivity index (χ0v) is 12.5. The number of halogens is 6. The number of nitrogens with one attached hydrogen (secondary N) is 1. The van der Waals surface area contributed by atoms with Crippen LogP contribution in [0.4, 0.5) is 26.3 Å². The van der Waals surface area contributed by atoms with E-state index in [0.29, 0.717) is 23.4 Å². The molecule has 0 radical (unpaired) electrons. The molecule has 3 rings (SSSR count). The lowest BCUT2D eigenvalue weighted by molar-refractivity contribution is -0.150. The second-order valence-corrected chi connectivity index (χ2v) is 5.44. The van der Waals surface area contributed by atoms with Crippen molar-refractivity contribution in [3.05, 3.63) is 65.0 Å². The van der Waals surface area contributed by atoms with Gasteiger partial charge in [0.15, 0.2) is 0 Å². The smallest absolute Gasteiger partial charge is 0.309 e. The first kappa shape index (κ1) is 17.2. The lowest BCUT2D eigenvalue weighted by Gasteiger charge is -2.17. The predicted octanol–water partition coefficient (Wildman–Crippen LogP) is 4.21. The van der Waals surface area contributed by atoms with E-state index < -0.39 is 29.7 Å². The fraction of sp³-hybridized carbons (Fsp3) is 0.250. The first-order valence-corrected chi connectivity index (χ1v) is 7.18. The Morgan fingerprint density at radius 2 is 1.44 bits per heavy atom. The molecular formula is C16H11F6N3. The largest absolute Gasteiger partial charge is 0.433 e. The van der Waals surface area contributed by atoms with Gasteiger partial charge in [-0.3, -0.25) is 0 Å². The monoisotopic (exact) mass is 359 g/mol. The van der Waals surface area contributed by atoms with Crippen molar-refractivity contribution in [1.29, 1.82) is 0 Å². The van der Waals surface area contributed by atoms with Gasteiger partial charge in [-0.05, 0) is 23.3 Å². The molecule has 0 spiro atoms. The number of hydrogen-bond donors (Lipinski definition) is 1. The minimum atomic E-state index is -4.98. The molecule has 3 nitrogen and oxygen atoms in total. The van der Waals surface area contributed by atoms with Crippen LogP contribution in [0, 0.1) is 0 Å². The van der Waals surface area contributed by atoms with Gasteiger partial charge in [-0.1, -0.05) is 30.3 Å². The molecule has 25 heavy (non-hydrogen) atoms. The summed E-state index contributed by atoms with van der Waals surface area (Å²) < 4.78 is 77.8. The first-order valence-electron chi connectivity index (χ1n) is 7.18. The Balaban J connectivity index is 2.09. The van der Waals surface area contributed by atoms with Crippen molar-refractivity contribution in [2.45, 2.75) is 18.3 Å². The van der Waals surface area contributed by atoms with Gasteiger partial charge in [0.25, 0.3) is 0 Å². The molecule has 1 aliphatic heterocycles. The third kappa shape index (κ3) is 3.59. The number of rotatable bonds is 2. The van der Waals surface area contributed by atoms with E-state index in [2.05, 4.69) is 15.5 Å². The van der Waals surface area contributed by atoms with Gasteiger partial charge in [-0.25, -0.2) is 4.98 Å². The highest BCUT2D eigenvalue weighted by Crippen LogP contribution is 2.36. The summed E-state index contributed by atoms with van der Waals surface area (Å²) in [5.74, 6) is -0.743. The highest BCUT2D eigenvalue weighted by molar-refractivity contribution is 6.06. The lowest BCUT2D eigenvalue weighted by Crippen LogP contribution is -2.20. The van der Waals surface area contributed by atoms with Crippen LogP contribution in [0.5, 0.6) is 0 Å². The molecule has 0 aliphatic carbocycles. The van der Waals surface area contributed by atoms with E-state index in [9.17, 15) is 26.3 Å². The number of benzene rings is 1. The van der Waals surface area contributed by atoms with Gasteiger partial charge >= 0.3 is 12.4 Å². The molecule has 1 N–H and O–H groups in total. The molecule has 2 heterocycles. The molecular weight excluding hydrogens is 348 g/mol. The van der Waals surface area contributed by atoms with Crippen LogP contribution in [0.15, 0.2) is 47.6 Å². The van der Waals surface area contributed by atoms with Gasteiger partial charge in [-0.15, -0.1) is 0 Å². The number of hydrogen-bond acceptors (Lipinski definition) is 3. The molecule has 1 unspecified atom stereocenters. The third-order valence-electron chi connectivity index (χ3n) is 3.73. The Morgan fingerprint density at radius 3 is 1.96 bits per heavy atom. The van der Waals surface area contributed by atoms with Gasteiger partial charge in [0, 0.05) is 12.5 Å². The Hall–Kier alpha value is -2.58. The SMILES string of the molecule is FC(F)(F)c1cc(C2CNN=C2c2ccccc2)cc(C(F)(F)F)n1. The fourth-order valence-electron chi connectivity index (χ4n) is 2.59. The quantitative estimate of drug-likeness (QED) is 0.816. The Labute approximate surface area is 138 Å². The summed E-state index contributed by atoms with van der Waals surface area (Å²) in [7, 11) is 0. The molecule has 9 heteroatoms. The Morgan fingerprint density at radius 1 is 0.880 bits per heavy atom. The summed E-state index contributed by atoms with van der Waals surface area (Å²) in [6, 6.07) is 9.84. The fourth-order valence-corrected chi connectivity index (χ4v) is 2.59. The van der Waals surface area contributed by atoms with Gasteiger partial charge in [-0.2, -0.15) is 31.4 Å². The second kappa shape index (κ2) is 6.05. The van der Waals surface area contributed by atoms with E-state index in [0.717, 1.165) is 0 Å². The molecule has 0 fully saturated rings. The molecule has 1 atom stereocenters. The van der Waals surface area contributed by atoms with Crippen molar-refractivity contribution in [3.63, 3.8) is 0 Å². The standard InChI is InChI=1S/C16H11F6N3/c17-15(18,19)12-6-10(7-13(24-12)16(20,21)22)11-8-23-25-14(11)9-4-2-1-3-5-9/h1-7,11,23H,8H2.